The molecule has 6 nitrogen and oxygen atoms in total. The van der Waals surface area contributed by atoms with Crippen molar-refractivity contribution in [2.24, 2.45) is 0 Å². The van der Waals surface area contributed by atoms with Crippen LogP contribution in [0.3, 0.4) is 0 Å². The topological polar surface area (TPSA) is 69.0 Å². The first-order valence-corrected chi connectivity index (χ1v) is 7.15. The van der Waals surface area contributed by atoms with Crippen molar-refractivity contribution >= 4 is 11.6 Å². The van der Waals surface area contributed by atoms with Gasteiger partial charge in [0, 0.05) is 5.69 Å². The van der Waals surface area contributed by atoms with Crippen molar-refractivity contribution in [1.82, 2.24) is 14.8 Å². The molecule has 0 atom stereocenters. The zero-order valence-corrected chi connectivity index (χ0v) is 12.6. The fourth-order valence-electron chi connectivity index (χ4n) is 2.09. The molecule has 1 amide bonds. The maximum absolute atomic E-state index is 11.9. The average Bonchev–Trinajstić information content (AvgIpc) is 3.08. The van der Waals surface area contributed by atoms with Crippen LogP contribution in [0.25, 0.3) is 5.69 Å². The van der Waals surface area contributed by atoms with E-state index < -0.39 is 0 Å². The number of hydrogen-bond acceptors (Lipinski definition) is 4. The number of amides is 1. The van der Waals surface area contributed by atoms with Crippen molar-refractivity contribution in [2.75, 3.05) is 11.9 Å². The van der Waals surface area contributed by atoms with Gasteiger partial charge in [-0.2, -0.15) is 5.10 Å². The van der Waals surface area contributed by atoms with Crippen LogP contribution in [0.2, 0.25) is 0 Å². The zero-order valence-electron chi connectivity index (χ0n) is 12.6. The Bertz CT molecular complexity index is 783. The van der Waals surface area contributed by atoms with Gasteiger partial charge in [0.15, 0.2) is 6.61 Å². The molecule has 2 aromatic carbocycles. The van der Waals surface area contributed by atoms with Crippen LogP contribution in [-0.4, -0.2) is 27.3 Å². The fourth-order valence-corrected chi connectivity index (χ4v) is 2.09. The van der Waals surface area contributed by atoms with Crippen LogP contribution in [0.1, 0.15) is 5.56 Å². The Morgan fingerprint density at radius 1 is 1.22 bits per heavy atom. The third-order valence-electron chi connectivity index (χ3n) is 3.19. The van der Waals surface area contributed by atoms with Gasteiger partial charge in [-0.15, -0.1) is 0 Å². The Labute approximate surface area is 133 Å². The summed E-state index contributed by atoms with van der Waals surface area (Å²) in [6.45, 7) is 1.94. The number of hydrogen-bond donors (Lipinski definition) is 1. The van der Waals surface area contributed by atoms with Crippen LogP contribution in [0.4, 0.5) is 5.69 Å². The molecule has 0 bridgehead atoms. The summed E-state index contributed by atoms with van der Waals surface area (Å²) in [5.74, 6) is 0.474. The summed E-state index contributed by atoms with van der Waals surface area (Å²) in [6, 6.07) is 14.9. The lowest BCUT2D eigenvalue weighted by molar-refractivity contribution is -0.118. The lowest BCUT2D eigenvalue weighted by Crippen LogP contribution is -2.20. The van der Waals surface area contributed by atoms with E-state index in [1.807, 2.05) is 55.5 Å². The predicted octanol–water partition coefficient (Wildman–Crippen LogP) is 2.59. The van der Waals surface area contributed by atoms with E-state index in [1.54, 1.807) is 11.0 Å². The van der Waals surface area contributed by atoms with Crippen LogP contribution in [0.5, 0.6) is 5.75 Å². The minimum atomic E-state index is -0.208. The van der Waals surface area contributed by atoms with E-state index >= 15 is 0 Å². The van der Waals surface area contributed by atoms with Crippen LogP contribution in [0.15, 0.2) is 61.2 Å². The Morgan fingerprint density at radius 2 is 2.04 bits per heavy atom. The second-order valence-electron chi connectivity index (χ2n) is 5.04. The number of nitrogens with zero attached hydrogens (tertiary/aromatic N) is 3. The fraction of sp³-hybridized carbons (Fsp3) is 0.118. The van der Waals surface area contributed by atoms with Gasteiger partial charge in [0.2, 0.25) is 0 Å². The van der Waals surface area contributed by atoms with Gasteiger partial charge < -0.3 is 10.1 Å². The van der Waals surface area contributed by atoms with Gasteiger partial charge in [0.25, 0.3) is 5.91 Å². The number of benzene rings is 2. The molecule has 0 aliphatic rings. The molecule has 0 aliphatic carbocycles. The lowest BCUT2D eigenvalue weighted by atomic mass is 10.2. The minimum Gasteiger partial charge on any atom is -0.484 e. The van der Waals surface area contributed by atoms with Gasteiger partial charge in [0.1, 0.15) is 18.4 Å². The monoisotopic (exact) mass is 308 g/mol. The number of aromatic nitrogens is 3. The largest absolute Gasteiger partial charge is 0.484 e. The number of anilines is 1. The zero-order chi connectivity index (χ0) is 16.1. The molecule has 3 aromatic rings. The molecular formula is C17H16N4O2. The highest BCUT2D eigenvalue weighted by Crippen LogP contribution is 2.14. The third-order valence-corrected chi connectivity index (χ3v) is 3.19. The molecule has 23 heavy (non-hydrogen) atoms. The maximum atomic E-state index is 11.9. The molecule has 0 unspecified atom stereocenters. The van der Waals surface area contributed by atoms with Crippen molar-refractivity contribution in [3.63, 3.8) is 0 Å². The Morgan fingerprint density at radius 3 is 2.74 bits per heavy atom. The molecule has 0 fully saturated rings. The highest BCUT2D eigenvalue weighted by molar-refractivity contribution is 5.91. The molecule has 3 rings (SSSR count). The van der Waals surface area contributed by atoms with Crippen molar-refractivity contribution in [1.29, 1.82) is 0 Å². The average molecular weight is 308 g/mol. The van der Waals surface area contributed by atoms with Crippen LogP contribution in [0, 0.1) is 6.92 Å². The van der Waals surface area contributed by atoms with E-state index in [9.17, 15) is 4.79 Å². The summed E-state index contributed by atoms with van der Waals surface area (Å²) in [5, 5.41) is 6.84. The molecule has 0 saturated heterocycles. The summed E-state index contributed by atoms with van der Waals surface area (Å²) in [4.78, 5) is 15.8. The third kappa shape index (κ3) is 3.94. The van der Waals surface area contributed by atoms with Crippen LogP contribution >= 0.6 is 0 Å². The van der Waals surface area contributed by atoms with E-state index in [2.05, 4.69) is 15.4 Å². The van der Waals surface area contributed by atoms with Gasteiger partial charge in [-0.05, 0) is 48.9 Å². The SMILES string of the molecule is Cc1cccc(OCC(=O)Nc2ccc(-n3cncn3)cc2)c1. The molecule has 116 valence electrons. The summed E-state index contributed by atoms with van der Waals surface area (Å²) in [5.41, 5.74) is 2.66. The summed E-state index contributed by atoms with van der Waals surface area (Å²) >= 11 is 0. The first-order chi connectivity index (χ1) is 11.2. The highest BCUT2D eigenvalue weighted by Gasteiger charge is 2.04. The number of ether oxygens (including phenoxy) is 1. The van der Waals surface area contributed by atoms with Crippen molar-refractivity contribution in [3.8, 4) is 11.4 Å². The number of aryl methyl sites for hydroxylation is 1. The van der Waals surface area contributed by atoms with Crippen molar-refractivity contribution in [3.05, 3.63) is 66.7 Å². The Balaban J connectivity index is 1.55. The van der Waals surface area contributed by atoms with E-state index in [0.29, 0.717) is 11.4 Å². The number of nitrogens with one attached hydrogen (secondary N) is 1. The van der Waals surface area contributed by atoms with E-state index in [0.717, 1.165) is 11.3 Å². The number of carbonyl (C=O) groups excluding carboxylic acids is 1. The summed E-state index contributed by atoms with van der Waals surface area (Å²) in [7, 11) is 0. The molecule has 6 heteroatoms. The van der Waals surface area contributed by atoms with E-state index in [4.69, 9.17) is 4.74 Å². The van der Waals surface area contributed by atoms with Crippen LogP contribution in [-0.2, 0) is 4.79 Å². The number of carbonyl (C=O) groups is 1. The van der Waals surface area contributed by atoms with Gasteiger partial charge in [-0.25, -0.2) is 9.67 Å². The van der Waals surface area contributed by atoms with Gasteiger partial charge in [-0.3, -0.25) is 4.79 Å². The molecule has 0 aliphatic heterocycles. The first-order valence-electron chi connectivity index (χ1n) is 7.15. The highest BCUT2D eigenvalue weighted by atomic mass is 16.5. The normalized spacial score (nSPS) is 10.3. The van der Waals surface area contributed by atoms with Crippen LogP contribution < -0.4 is 10.1 Å². The molecule has 1 aromatic heterocycles. The number of rotatable bonds is 5. The van der Waals surface area contributed by atoms with Gasteiger partial charge in [0.05, 0.1) is 5.69 Å². The Kier molecular flexibility index (Phi) is 4.33. The molecular weight excluding hydrogens is 292 g/mol. The minimum absolute atomic E-state index is 0.0335. The predicted molar refractivity (Wildman–Crippen MR) is 86.7 cm³/mol. The molecule has 0 radical (unpaired) electrons. The summed E-state index contributed by atoms with van der Waals surface area (Å²) in [6.07, 6.45) is 3.08. The molecule has 0 saturated carbocycles. The summed E-state index contributed by atoms with van der Waals surface area (Å²) < 4.78 is 7.11. The molecule has 1 N–H and O–H groups in total. The quantitative estimate of drug-likeness (QED) is 0.786. The smallest absolute Gasteiger partial charge is 0.262 e. The van der Waals surface area contributed by atoms with Crippen molar-refractivity contribution in [2.45, 2.75) is 6.92 Å². The standard InChI is InChI=1S/C17H16N4O2/c1-13-3-2-4-16(9-13)23-10-17(22)20-14-5-7-15(8-6-14)21-12-18-11-19-21/h2-9,11-12H,10H2,1H3,(H,20,22). The lowest BCUT2D eigenvalue weighted by Gasteiger charge is -2.08. The molecule has 0 spiro atoms. The second-order valence-corrected chi connectivity index (χ2v) is 5.04. The van der Waals surface area contributed by atoms with E-state index in [-0.39, 0.29) is 12.5 Å². The first kappa shape index (κ1) is 14.8. The van der Waals surface area contributed by atoms with E-state index in [1.165, 1.54) is 6.33 Å². The second kappa shape index (κ2) is 6.74. The van der Waals surface area contributed by atoms with Gasteiger partial charge in [-0.1, -0.05) is 12.1 Å². The maximum Gasteiger partial charge on any atom is 0.262 e. The Hall–Kier alpha value is -3.15. The molecule has 1 heterocycles. The van der Waals surface area contributed by atoms with Gasteiger partial charge >= 0.3 is 0 Å². The van der Waals surface area contributed by atoms with Crippen molar-refractivity contribution < 1.29 is 9.53 Å².